The van der Waals surface area contributed by atoms with Crippen LogP contribution in [0.15, 0.2) is 59.4 Å². The van der Waals surface area contributed by atoms with E-state index in [1.807, 2.05) is 24.5 Å². The first-order chi connectivity index (χ1) is 15.0. The second-order valence-electron chi connectivity index (χ2n) is 7.25. The third kappa shape index (κ3) is 4.69. The van der Waals surface area contributed by atoms with Gasteiger partial charge in [-0.1, -0.05) is 17.3 Å². The predicted molar refractivity (Wildman–Crippen MR) is 113 cm³/mol. The van der Waals surface area contributed by atoms with Gasteiger partial charge in [0.25, 0.3) is 11.8 Å². The van der Waals surface area contributed by atoms with Crippen molar-refractivity contribution in [3.8, 4) is 11.5 Å². The predicted octanol–water partition coefficient (Wildman–Crippen LogP) is 3.71. The normalized spacial score (nSPS) is 10.9. The minimum absolute atomic E-state index is 0.156. The van der Waals surface area contributed by atoms with Crippen LogP contribution in [0.2, 0.25) is 0 Å². The maximum atomic E-state index is 13.1. The molecule has 1 N–H and O–H groups in total. The van der Waals surface area contributed by atoms with Gasteiger partial charge in [-0.3, -0.25) is 9.78 Å². The zero-order valence-corrected chi connectivity index (χ0v) is 17.3. The van der Waals surface area contributed by atoms with Crippen molar-refractivity contribution in [3.63, 3.8) is 0 Å². The van der Waals surface area contributed by atoms with E-state index in [9.17, 15) is 9.18 Å². The van der Waals surface area contributed by atoms with Gasteiger partial charge in [-0.05, 0) is 49.7 Å². The van der Waals surface area contributed by atoms with Crippen LogP contribution in [0.4, 0.5) is 4.39 Å². The number of aromatic nitrogens is 4. The number of halogens is 1. The molecule has 0 aliphatic rings. The lowest BCUT2D eigenvalue weighted by Gasteiger charge is -2.10. The van der Waals surface area contributed by atoms with Crippen molar-refractivity contribution < 1.29 is 13.7 Å². The Hall–Kier alpha value is -3.81. The number of nitrogens with one attached hydrogen (secondary N) is 1. The van der Waals surface area contributed by atoms with E-state index in [1.54, 1.807) is 36.7 Å². The number of carbonyl (C=O) groups excluding carboxylic acids is 1. The van der Waals surface area contributed by atoms with Crippen LogP contribution in [0.5, 0.6) is 0 Å². The molecular weight excluding hydrogens is 397 g/mol. The average Bonchev–Trinajstić information content (AvgIpc) is 3.36. The van der Waals surface area contributed by atoms with Crippen molar-refractivity contribution >= 4 is 5.91 Å². The Balaban J connectivity index is 1.37. The maximum absolute atomic E-state index is 13.1. The SMILES string of the molecule is Cc1cc(C(=O)NCCc2noc(-c3ccncc3)n2)c(C)n1Cc1ccc(F)cc1. The fourth-order valence-electron chi connectivity index (χ4n) is 3.40. The molecule has 0 bridgehead atoms. The molecule has 7 nitrogen and oxygen atoms in total. The highest BCUT2D eigenvalue weighted by Crippen LogP contribution is 2.18. The lowest BCUT2D eigenvalue weighted by molar-refractivity contribution is 0.0953. The Bertz CT molecular complexity index is 1180. The van der Waals surface area contributed by atoms with Gasteiger partial charge in [0, 0.05) is 48.9 Å². The summed E-state index contributed by atoms with van der Waals surface area (Å²) < 4.78 is 20.5. The summed E-state index contributed by atoms with van der Waals surface area (Å²) in [5.74, 6) is 0.525. The zero-order chi connectivity index (χ0) is 21.8. The first kappa shape index (κ1) is 20.5. The fourth-order valence-corrected chi connectivity index (χ4v) is 3.40. The van der Waals surface area contributed by atoms with Gasteiger partial charge >= 0.3 is 0 Å². The molecule has 3 heterocycles. The van der Waals surface area contributed by atoms with Crippen LogP contribution in [0.3, 0.4) is 0 Å². The van der Waals surface area contributed by atoms with Crippen molar-refractivity contribution in [1.29, 1.82) is 0 Å². The van der Waals surface area contributed by atoms with E-state index in [-0.39, 0.29) is 11.7 Å². The molecule has 8 heteroatoms. The van der Waals surface area contributed by atoms with Gasteiger partial charge in [0.05, 0.1) is 5.56 Å². The van der Waals surface area contributed by atoms with Gasteiger partial charge in [-0.25, -0.2) is 4.39 Å². The Morgan fingerprint density at radius 3 is 2.61 bits per heavy atom. The first-order valence-electron chi connectivity index (χ1n) is 9.93. The number of carbonyl (C=O) groups is 1. The molecule has 1 amide bonds. The summed E-state index contributed by atoms with van der Waals surface area (Å²) in [6, 6.07) is 11.8. The van der Waals surface area contributed by atoms with Crippen molar-refractivity contribution in [2.45, 2.75) is 26.8 Å². The summed E-state index contributed by atoms with van der Waals surface area (Å²) >= 11 is 0. The van der Waals surface area contributed by atoms with E-state index in [1.165, 1.54) is 12.1 Å². The molecule has 0 aliphatic heterocycles. The van der Waals surface area contributed by atoms with E-state index in [0.717, 1.165) is 22.5 Å². The molecule has 0 spiro atoms. The number of amides is 1. The quantitative estimate of drug-likeness (QED) is 0.494. The van der Waals surface area contributed by atoms with Gasteiger partial charge in [0.15, 0.2) is 5.82 Å². The Kier molecular flexibility index (Phi) is 5.88. The van der Waals surface area contributed by atoms with Gasteiger partial charge in [-0.15, -0.1) is 0 Å². The summed E-state index contributed by atoms with van der Waals surface area (Å²) in [7, 11) is 0. The molecule has 31 heavy (non-hydrogen) atoms. The van der Waals surface area contributed by atoms with Crippen LogP contribution >= 0.6 is 0 Å². The summed E-state index contributed by atoms with van der Waals surface area (Å²) in [5.41, 5.74) is 4.21. The van der Waals surface area contributed by atoms with Crippen molar-refractivity contribution in [2.24, 2.45) is 0 Å². The Morgan fingerprint density at radius 1 is 1.13 bits per heavy atom. The molecule has 0 saturated carbocycles. The van der Waals surface area contributed by atoms with Crippen LogP contribution in [0.1, 0.15) is 33.1 Å². The maximum Gasteiger partial charge on any atom is 0.258 e. The lowest BCUT2D eigenvalue weighted by Crippen LogP contribution is -2.26. The monoisotopic (exact) mass is 419 g/mol. The topological polar surface area (TPSA) is 85.8 Å². The third-order valence-electron chi connectivity index (χ3n) is 5.10. The van der Waals surface area contributed by atoms with E-state index in [0.29, 0.717) is 36.8 Å². The summed E-state index contributed by atoms with van der Waals surface area (Å²) in [6.45, 7) is 4.82. The average molecular weight is 419 g/mol. The highest BCUT2D eigenvalue weighted by molar-refractivity contribution is 5.95. The van der Waals surface area contributed by atoms with Gasteiger partial charge in [0.1, 0.15) is 5.82 Å². The largest absolute Gasteiger partial charge is 0.352 e. The van der Waals surface area contributed by atoms with Crippen LogP contribution < -0.4 is 5.32 Å². The number of hydrogen-bond acceptors (Lipinski definition) is 5. The van der Waals surface area contributed by atoms with Crippen LogP contribution in [-0.4, -0.2) is 32.1 Å². The Labute approximate surface area is 178 Å². The molecule has 0 atom stereocenters. The minimum atomic E-state index is -0.265. The molecular formula is C23H22FN5O2. The van der Waals surface area contributed by atoms with Crippen molar-refractivity contribution in [1.82, 2.24) is 25.0 Å². The molecule has 0 fully saturated rings. The number of hydrogen-bond donors (Lipinski definition) is 1. The number of pyridine rings is 1. The number of benzene rings is 1. The fraction of sp³-hybridized carbons (Fsp3) is 0.217. The van der Waals surface area contributed by atoms with Gasteiger partial charge in [-0.2, -0.15) is 4.98 Å². The molecule has 4 rings (SSSR count). The van der Waals surface area contributed by atoms with Crippen LogP contribution in [-0.2, 0) is 13.0 Å². The minimum Gasteiger partial charge on any atom is -0.352 e. The molecule has 0 unspecified atom stereocenters. The Morgan fingerprint density at radius 2 is 1.87 bits per heavy atom. The molecule has 1 aromatic carbocycles. The molecule has 0 aliphatic carbocycles. The van der Waals surface area contributed by atoms with E-state index in [4.69, 9.17) is 4.52 Å². The summed E-state index contributed by atoms with van der Waals surface area (Å²) in [4.78, 5) is 21.0. The van der Waals surface area contributed by atoms with Crippen LogP contribution in [0.25, 0.3) is 11.5 Å². The van der Waals surface area contributed by atoms with Crippen LogP contribution in [0, 0.1) is 19.7 Å². The standard InChI is InChI=1S/C23H22FN5O2/c1-15-13-20(16(2)29(15)14-17-3-5-19(24)6-4-17)22(30)26-12-9-21-27-23(31-28-21)18-7-10-25-11-8-18/h3-8,10-11,13H,9,12,14H2,1-2H3,(H,26,30). The summed E-state index contributed by atoms with van der Waals surface area (Å²) in [5, 5.41) is 6.88. The number of rotatable bonds is 7. The van der Waals surface area contributed by atoms with Crippen molar-refractivity contribution in [3.05, 3.63) is 89.0 Å². The molecule has 158 valence electrons. The number of nitrogens with zero attached hydrogens (tertiary/aromatic N) is 4. The molecule has 0 radical (unpaired) electrons. The van der Waals surface area contributed by atoms with Gasteiger partial charge < -0.3 is 14.4 Å². The number of aryl methyl sites for hydroxylation is 1. The molecule has 3 aromatic heterocycles. The zero-order valence-electron chi connectivity index (χ0n) is 17.3. The smallest absolute Gasteiger partial charge is 0.258 e. The molecule has 0 saturated heterocycles. The second kappa shape index (κ2) is 8.91. The van der Waals surface area contributed by atoms with E-state index in [2.05, 4.69) is 20.4 Å². The van der Waals surface area contributed by atoms with Crippen molar-refractivity contribution in [2.75, 3.05) is 6.54 Å². The highest BCUT2D eigenvalue weighted by atomic mass is 19.1. The van der Waals surface area contributed by atoms with E-state index < -0.39 is 0 Å². The second-order valence-corrected chi connectivity index (χ2v) is 7.25. The van der Waals surface area contributed by atoms with E-state index >= 15 is 0 Å². The molecule has 4 aromatic rings. The first-order valence-corrected chi connectivity index (χ1v) is 9.93. The summed E-state index contributed by atoms with van der Waals surface area (Å²) in [6.07, 6.45) is 3.77. The van der Waals surface area contributed by atoms with Gasteiger partial charge in [0.2, 0.25) is 0 Å². The lowest BCUT2D eigenvalue weighted by atomic mass is 10.2. The highest BCUT2D eigenvalue weighted by Gasteiger charge is 2.16. The third-order valence-corrected chi connectivity index (χ3v) is 5.10.